The summed E-state index contributed by atoms with van der Waals surface area (Å²) in [4.78, 5) is 11.3. The van der Waals surface area contributed by atoms with E-state index in [1.807, 2.05) is 4.72 Å². The molecule has 0 radical (unpaired) electrons. The Morgan fingerprint density at radius 3 is 2.53 bits per heavy atom. The lowest BCUT2D eigenvalue weighted by Gasteiger charge is -2.32. The number of ether oxygens (including phenoxy) is 1. The Kier molecular flexibility index (Phi) is 7.09. The van der Waals surface area contributed by atoms with Crippen molar-refractivity contribution in [3.8, 4) is 0 Å². The van der Waals surface area contributed by atoms with Crippen LogP contribution in [0.2, 0.25) is 0 Å². The molecule has 0 aromatic rings. The van der Waals surface area contributed by atoms with Crippen LogP contribution in [0.5, 0.6) is 0 Å². The lowest BCUT2D eigenvalue weighted by atomic mass is 9.95. The van der Waals surface area contributed by atoms with Crippen molar-refractivity contribution in [1.29, 1.82) is 0 Å². The first-order valence-corrected chi connectivity index (χ1v) is 9.09. The first-order chi connectivity index (χ1) is 9.01. The maximum absolute atomic E-state index is 12.2. The molecule has 1 aliphatic carbocycles. The fourth-order valence-corrected chi connectivity index (χ4v) is 4.21. The third-order valence-corrected chi connectivity index (χ3v) is 4.96. The van der Waals surface area contributed by atoms with Crippen LogP contribution in [0.4, 0.5) is 4.79 Å². The smallest absolute Gasteiger partial charge is 0.421 e. The summed E-state index contributed by atoms with van der Waals surface area (Å²) in [5.41, 5.74) is 0. The lowest BCUT2D eigenvalue weighted by Crippen LogP contribution is -2.49. The molecule has 112 valence electrons. The zero-order chi connectivity index (χ0) is 14.3. The van der Waals surface area contributed by atoms with E-state index in [2.05, 4.69) is 20.7 Å². The first-order valence-electron chi connectivity index (χ1n) is 6.53. The molecule has 1 aliphatic rings. The van der Waals surface area contributed by atoms with Gasteiger partial charge in [-0.3, -0.25) is 0 Å². The quantitative estimate of drug-likeness (QED) is 0.738. The second-order valence-electron chi connectivity index (χ2n) is 4.42. The van der Waals surface area contributed by atoms with Crippen LogP contribution in [-0.4, -0.2) is 43.3 Å². The van der Waals surface area contributed by atoms with Crippen LogP contribution in [0.15, 0.2) is 0 Å². The molecule has 0 aromatic heterocycles. The van der Waals surface area contributed by atoms with E-state index in [1.165, 1.54) is 4.31 Å². The number of amides is 1. The Morgan fingerprint density at radius 2 is 2.00 bits per heavy atom. The van der Waals surface area contributed by atoms with E-state index in [9.17, 15) is 13.2 Å². The van der Waals surface area contributed by atoms with Gasteiger partial charge in [-0.25, -0.2) is 9.52 Å². The van der Waals surface area contributed by atoms with Gasteiger partial charge in [0.25, 0.3) is 0 Å². The zero-order valence-electron chi connectivity index (χ0n) is 11.1. The average Bonchev–Trinajstić information content (AvgIpc) is 2.36. The van der Waals surface area contributed by atoms with Crippen LogP contribution >= 0.6 is 15.9 Å². The standard InChI is InChI=1S/C11H21BrN2O4S/c1-2-18-11(15)13-19(16,17)14(9-8-12)10-6-4-3-5-7-10/h10H,2-9H2,1H3,(H,13,15). The number of alkyl halides is 1. The summed E-state index contributed by atoms with van der Waals surface area (Å²) in [5.74, 6) is 0. The topological polar surface area (TPSA) is 75.7 Å². The van der Waals surface area contributed by atoms with Crippen LogP contribution in [0, 0.1) is 0 Å². The van der Waals surface area contributed by atoms with Crippen LogP contribution in [0.3, 0.4) is 0 Å². The average molecular weight is 357 g/mol. The molecule has 1 fully saturated rings. The van der Waals surface area contributed by atoms with Crippen molar-refractivity contribution in [2.45, 2.75) is 45.1 Å². The van der Waals surface area contributed by atoms with Gasteiger partial charge in [-0.2, -0.15) is 12.7 Å². The Morgan fingerprint density at radius 1 is 1.37 bits per heavy atom. The maximum atomic E-state index is 12.2. The summed E-state index contributed by atoms with van der Waals surface area (Å²) >= 11 is 3.26. The van der Waals surface area contributed by atoms with E-state index in [0.717, 1.165) is 32.1 Å². The van der Waals surface area contributed by atoms with Gasteiger partial charge in [0.15, 0.2) is 0 Å². The molecule has 6 nitrogen and oxygen atoms in total. The molecule has 1 saturated carbocycles. The van der Waals surface area contributed by atoms with Gasteiger partial charge in [-0.15, -0.1) is 0 Å². The molecular formula is C11H21BrN2O4S. The molecule has 0 bridgehead atoms. The summed E-state index contributed by atoms with van der Waals surface area (Å²) in [7, 11) is -3.83. The predicted molar refractivity (Wildman–Crippen MR) is 76.5 cm³/mol. The Balaban J connectivity index is 2.74. The van der Waals surface area contributed by atoms with E-state index >= 15 is 0 Å². The van der Waals surface area contributed by atoms with Gasteiger partial charge in [0, 0.05) is 17.9 Å². The highest BCUT2D eigenvalue weighted by molar-refractivity contribution is 9.09. The molecule has 19 heavy (non-hydrogen) atoms. The maximum Gasteiger partial charge on any atom is 0.421 e. The minimum atomic E-state index is -3.83. The van der Waals surface area contributed by atoms with Crippen LogP contribution < -0.4 is 4.72 Å². The molecule has 0 aliphatic heterocycles. The lowest BCUT2D eigenvalue weighted by molar-refractivity contribution is 0.157. The van der Waals surface area contributed by atoms with E-state index < -0.39 is 16.3 Å². The predicted octanol–water partition coefficient (Wildman–Crippen LogP) is 2.01. The monoisotopic (exact) mass is 356 g/mol. The van der Waals surface area contributed by atoms with Crippen molar-refractivity contribution in [3.63, 3.8) is 0 Å². The van der Waals surface area contributed by atoms with Gasteiger partial charge in [0.1, 0.15) is 0 Å². The Labute approximate surface area is 123 Å². The van der Waals surface area contributed by atoms with Crippen molar-refractivity contribution in [3.05, 3.63) is 0 Å². The molecule has 0 spiro atoms. The third kappa shape index (κ3) is 5.27. The second kappa shape index (κ2) is 8.06. The number of carbonyl (C=O) groups excluding carboxylic acids is 1. The van der Waals surface area contributed by atoms with E-state index in [0.29, 0.717) is 11.9 Å². The number of halogens is 1. The molecular weight excluding hydrogens is 336 g/mol. The second-order valence-corrected chi connectivity index (χ2v) is 6.84. The summed E-state index contributed by atoms with van der Waals surface area (Å²) in [6.07, 6.45) is 3.96. The molecule has 8 heteroatoms. The third-order valence-electron chi connectivity index (χ3n) is 3.08. The molecule has 1 amide bonds. The number of hydrogen-bond acceptors (Lipinski definition) is 4. The van der Waals surface area contributed by atoms with Crippen LogP contribution in [-0.2, 0) is 14.9 Å². The molecule has 0 atom stereocenters. The van der Waals surface area contributed by atoms with Crippen molar-refractivity contribution in [2.24, 2.45) is 0 Å². The summed E-state index contributed by atoms with van der Waals surface area (Å²) in [5, 5.41) is 0.535. The Hall–Kier alpha value is -0.340. The van der Waals surface area contributed by atoms with Gasteiger partial charge in [-0.05, 0) is 19.8 Å². The number of nitrogens with one attached hydrogen (secondary N) is 1. The Bertz CT molecular complexity index is 382. The summed E-state index contributed by atoms with van der Waals surface area (Å²) in [6, 6.07) is -0.0294. The molecule has 0 saturated heterocycles. The summed E-state index contributed by atoms with van der Waals surface area (Å²) < 4.78 is 32.4. The van der Waals surface area contributed by atoms with Gasteiger partial charge in [0.2, 0.25) is 0 Å². The normalized spacial score (nSPS) is 17.4. The van der Waals surface area contributed by atoms with Crippen molar-refractivity contribution < 1.29 is 17.9 Å². The molecule has 1 N–H and O–H groups in total. The number of nitrogens with zero attached hydrogens (tertiary/aromatic N) is 1. The van der Waals surface area contributed by atoms with Crippen LogP contribution in [0.25, 0.3) is 0 Å². The molecule has 0 aromatic carbocycles. The van der Waals surface area contributed by atoms with Crippen molar-refractivity contribution in [1.82, 2.24) is 9.03 Å². The highest BCUT2D eigenvalue weighted by Gasteiger charge is 2.31. The van der Waals surface area contributed by atoms with E-state index in [1.54, 1.807) is 6.92 Å². The first kappa shape index (κ1) is 16.7. The van der Waals surface area contributed by atoms with Crippen LogP contribution in [0.1, 0.15) is 39.0 Å². The highest BCUT2D eigenvalue weighted by Crippen LogP contribution is 2.24. The van der Waals surface area contributed by atoms with Gasteiger partial charge in [0.05, 0.1) is 6.61 Å². The van der Waals surface area contributed by atoms with Gasteiger partial charge >= 0.3 is 16.3 Å². The number of hydrogen-bond donors (Lipinski definition) is 1. The molecule has 0 unspecified atom stereocenters. The largest absolute Gasteiger partial charge is 0.449 e. The number of rotatable bonds is 6. The fourth-order valence-electron chi connectivity index (χ4n) is 2.28. The summed E-state index contributed by atoms with van der Waals surface area (Å²) in [6.45, 7) is 2.12. The molecule has 0 heterocycles. The fraction of sp³-hybridized carbons (Fsp3) is 0.909. The van der Waals surface area contributed by atoms with Crippen molar-refractivity contribution in [2.75, 3.05) is 18.5 Å². The molecule has 1 rings (SSSR count). The highest BCUT2D eigenvalue weighted by atomic mass is 79.9. The van der Waals surface area contributed by atoms with Crippen molar-refractivity contribution >= 4 is 32.2 Å². The minimum absolute atomic E-state index is 0.0294. The van der Waals surface area contributed by atoms with Gasteiger partial charge in [-0.1, -0.05) is 35.2 Å². The van der Waals surface area contributed by atoms with E-state index in [-0.39, 0.29) is 12.6 Å². The number of carbonyl (C=O) groups is 1. The SMILES string of the molecule is CCOC(=O)NS(=O)(=O)N(CCBr)C1CCCCC1. The van der Waals surface area contributed by atoms with Gasteiger partial charge < -0.3 is 4.74 Å². The zero-order valence-corrected chi connectivity index (χ0v) is 13.5. The minimum Gasteiger partial charge on any atom is -0.449 e. The van der Waals surface area contributed by atoms with E-state index in [4.69, 9.17) is 0 Å².